The van der Waals surface area contributed by atoms with Crippen LogP contribution in [0.25, 0.3) is 0 Å². The number of hydrogen-bond donors (Lipinski definition) is 1. The summed E-state index contributed by atoms with van der Waals surface area (Å²) in [4.78, 5) is 16.6. The quantitative estimate of drug-likeness (QED) is 0.668. The molecule has 0 spiro atoms. The number of halogens is 2. The Morgan fingerprint density at radius 3 is 2.34 bits per heavy atom. The van der Waals surface area contributed by atoms with Crippen LogP contribution in [0.15, 0.2) is 42.5 Å². The Morgan fingerprint density at radius 1 is 1.07 bits per heavy atom. The minimum atomic E-state index is -0.631. The van der Waals surface area contributed by atoms with Gasteiger partial charge in [0.15, 0.2) is 0 Å². The summed E-state index contributed by atoms with van der Waals surface area (Å²) in [5, 5.41) is 9.41. The van der Waals surface area contributed by atoms with Gasteiger partial charge in [-0.05, 0) is 68.0 Å². The number of nitrogens with zero attached hydrogens (tertiary/aromatic N) is 2. The Kier molecular flexibility index (Phi) is 6.40. The number of benzene rings is 2. The Labute approximate surface area is 170 Å². The van der Waals surface area contributed by atoms with Gasteiger partial charge in [-0.15, -0.1) is 0 Å². The lowest BCUT2D eigenvalue weighted by Gasteiger charge is -2.33. The SMILES string of the molecule is CCCN1C(=O)N(Cc2cc(F)cc(F)c2)CC1(C)CCCc1ccc(O)cc1. The molecule has 6 heteroatoms. The molecule has 0 bridgehead atoms. The van der Waals surface area contributed by atoms with Crippen LogP contribution >= 0.6 is 0 Å². The zero-order chi connectivity index (χ0) is 21.0. The van der Waals surface area contributed by atoms with Crippen LogP contribution in [0.1, 0.15) is 44.2 Å². The first-order valence-electron chi connectivity index (χ1n) is 10.1. The predicted octanol–water partition coefficient (Wildman–Crippen LogP) is 5.10. The van der Waals surface area contributed by atoms with Crippen molar-refractivity contribution in [1.82, 2.24) is 9.80 Å². The molecule has 2 aromatic carbocycles. The number of carbonyl (C=O) groups excluding carboxylic acids is 1. The molecule has 29 heavy (non-hydrogen) atoms. The fraction of sp³-hybridized carbons (Fsp3) is 0.435. The first-order valence-corrected chi connectivity index (χ1v) is 10.1. The standard InChI is InChI=1S/C23H28F2N2O2/c1-3-11-27-22(29)26(15-18-12-19(24)14-20(25)13-18)16-23(27,2)10-4-5-17-6-8-21(28)9-7-17/h6-9,12-14,28H,3-5,10-11,15-16H2,1-2H3. The van der Waals surface area contributed by atoms with E-state index in [2.05, 4.69) is 6.92 Å². The zero-order valence-electron chi connectivity index (χ0n) is 17.0. The van der Waals surface area contributed by atoms with Crippen molar-refractivity contribution in [3.63, 3.8) is 0 Å². The van der Waals surface area contributed by atoms with Crippen LogP contribution in [-0.2, 0) is 13.0 Å². The summed E-state index contributed by atoms with van der Waals surface area (Å²) >= 11 is 0. The highest BCUT2D eigenvalue weighted by Crippen LogP contribution is 2.32. The summed E-state index contributed by atoms with van der Waals surface area (Å²) in [6, 6.07) is 10.5. The molecule has 1 heterocycles. The molecule has 1 atom stereocenters. The third-order valence-electron chi connectivity index (χ3n) is 5.54. The number of rotatable bonds is 8. The number of urea groups is 1. The average Bonchev–Trinajstić information content (AvgIpc) is 2.87. The fourth-order valence-electron chi connectivity index (χ4n) is 4.15. The van der Waals surface area contributed by atoms with Crippen LogP contribution in [0, 0.1) is 11.6 Å². The van der Waals surface area contributed by atoms with E-state index in [1.54, 1.807) is 17.0 Å². The van der Waals surface area contributed by atoms with E-state index in [0.29, 0.717) is 18.7 Å². The number of carbonyl (C=O) groups is 1. The second-order valence-electron chi connectivity index (χ2n) is 8.08. The molecule has 1 N–H and O–H groups in total. The minimum absolute atomic E-state index is 0.0800. The van der Waals surface area contributed by atoms with Gasteiger partial charge in [-0.25, -0.2) is 13.6 Å². The van der Waals surface area contributed by atoms with Crippen molar-refractivity contribution < 1.29 is 18.7 Å². The van der Waals surface area contributed by atoms with Crippen molar-refractivity contribution in [3.05, 3.63) is 65.2 Å². The molecule has 2 amide bonds. The molecule has 1 aliphatic rings. The summed E-state index contributed by atoms with van der Waals surface area (Å²) in [7, 11) is 0. The van der Waals surface area contributed by atoms with Crippen LogP contribution in [0.5, 0.6) is 5.75 Å². The fourth-order valence-corrected chi connectivity index (χ4v) is 4.15. The van der Waals surface area contributed by atoms with Crippen LogP contribution in [0.3, 0.4) is 0 Å². The van der Waals surface area contributed by atoms with Gasteiger partial charge in [-0.2, -0.15) is 0 Å². The molecule has 1 fully saturated rings. The van der Waals surface area contributed by atoms with E-state index >= 15 is 0 Å². The lowest BCUT2D eigenvalue weighted by atomic mass is 9.92. The number of aromatic hydroxyl groups is 1. The maximum Gasteiger partial charge on any atom is 0.320 e. The van der Waals surface area contributed by atoms with Gasteiger partial charge in [0, 0.05) is 25.7 Å². The van der Waals surface area contributed by atoms with Gasteiger partial charge in [0.25, 0.3) is 0 Å². The van der Waals surface area contributed by atoms with Crippen molar-refractivity contribution in [2.45, 2.75) is 51.6 Å². The first kappa shape index (κ1) is 21.1. The molecular formula is C23H28F2N2O2. The number of phenols is 1. The molecular weight excluding hydrogens is 374 g/mol. The minimum Gasteiger partial charge on any atom is -0.508 e. The molecule has 2 aromatic rings. The van der Waals surface area contributed by atoms with Crippen LogP contribution in [-0.4, -0.2) is 39.6 Å². The number of amides is 2. The predicted molar refractivity (Wildman–Crippen MR) is 109 cm³/mol. The van der Waals surface area contributed by atoms with Gasteiger partial charge in [-0.1, -0.05) is 19.1 Å². The second kappa shape index (κ2) is 8.80. The highest BCUT2D eigenvalue weighted by atomic mass is 19.1. The van der Waals surface area contributed by atoms with E-state index in [4.69, 9.17) is 0 Å². The average molecular weight is 402 g/mol. The Balaban J connectivity index is 1.68. The van der Waals surface area contributed by atoms with Crippen molar-refractivity contribution in [3.8, 4) is 5.75 Å². The maximum atomic E-state index is 13.5. The van der Waals surface area contributed by atoms with Gasteiger partial charge in [-0.3, -0.25) is 0 Å². The molecule has 1 saturated heterocycles. The van der Waals surface area contributed by atoms with Crippen LogP contribution in [0.2, 0.25) is 0 Å². The monoisotopic (exact) mass is 402 g/mol. The maximum absolute atomic E-state index is 13.5. The topological polar surface area (TPSA) is 43.8 Å². The normalized spacial score (nSPS) is 19.2. The summed E-state index contributed by atoms with van der Waals surface area (Å²) in [5.41, 5.74) is 1.28. The number of hydrogen-bond acceptors (Lipinski definition) is 2. The largest absolute Gasteiger partial charge is 0.508 e. The third kappa shape index (κ3) is 5.05. The zero-order valence-corrected chi connectivity index (χ0v) is 17.0. The highest BCUT2D eigenvalue weighted by molar-refractivity contribution is 5.78. The lowest BCUT2D eigenvalue weighted by molar-refractivity contribution is 0.156. The molecule has 4 nitrogen and oxygen atoms in total. The van der Waals surface area contributed by atoms with Crippen LogP contribution < -0.4 is 0 Å². The third-order valence-corrected chi connectivity index (χ3v) is 5.54. The van der Waals surface area contributed by atoms with E-state index in [9.17, 15) is 18.7 Å². The van der Waals surface area contributed by atoms with Gasteiger partial charge in [0.1, 0.15) is 17.4 Å². The molecule has 0 saturated carbocycles. The Hall–Kier alpha value is -2.63. The van der Waals surface area contributed by atoms with Gasteiger partial charge >= 0.3 is 6.03 Å². The van der Waals surface area contributed by atoms with Crippen molar-refractivity contribution in [2.75, 3.05) is 13.1 Å². The Bertz CT molecular complexity index is 836. The first-order chi connectivity index (χ1) is 13.8. The highest BCUT2D eigenvalue weighted by Gasteiger charge is 2.45. The molecule has 0 aliphatic carbocycles. The summed E-state index contributed by atoms with van der Waals surface area (Å²) < 4.78 is 27.1. The molecule has 0 aromatic heterocycles. The number of phenolic OH excluding ortho intramolecular Hbond substituents is 1. The summed E-state index contributed by atoms with van der Waals surface area (Å²) in [6.07, 6.45) is 3.44. The summed E-state index contributed by atoms with van der Waals surface area (Å²) in [6.45, 7) is 5.50. The number of aryl methyl sites for hydroxylation is 1. The van der Waals surface area contributed by atoms with E-state index < -0.39 is 11.6 Å². The van der Waals surface area contributed by atoms with Crippen molar-refractivity contribution in [1.29, 1.82) is 0 Å². The Morgan fingerprint density at radius 2 is 1.72 bits per heavy atom. The smallest absolute Gasteiger partial charge is 0.320 e. The molecule has 156 valence electrons. The molecule has 1 aliphatic heterocycles. The van der Waals surface area contributed by atoms with Crippen LogP contribution in [0.4, 0.5) is 13.6 Å². The van der Waals surface area contributed by atoms with Gasteiger partial charge in [0.2, 0.25) is 0 Å². The van der Waals surface area contributed by atoms with E-state index in [0.717, 1.165) is 37.3 Å². The lowest BCUT2D eigenvalue weighted by Crippen LogP contribution is -2.45. The van der Waals surface area contributed by atoms with Gasteiger partial charge in [0.05, 0.1) is 5.54 Å². The van der Waals surface area contributed by atoms with E-state index in [1.807, 2.05) is 24.0 Å². The van der Waals surface area contributed by atoms with E-state index in [-0.39, 0.29) is 23.9 Å². The second-order valence-corrected chi connectivity index (χ2v) is 8.08. The van der Waals surface area contributed by atoms with Crippen molar-refractivity contribution in [2.24, 2.45) is 0 Å². The van der Waals surface area contributed by atoms with E-state index in [1.165, 1.54) is 12.1 Å². The molecule has 3 rings (SSSR count). The van der Waals surface area contributed by atoms with Gasteiger partial charge < -0.3 is 14.9 Å². The van der Waals surface area contributed by atoms with Crippen molar-refractivity contribution >= 4 is 6.03 Å². The molecule has 0 radical (unpaired) electrons. The summed E-state index contributed by atoms with van der Waals surface area (Å²) in [5.74, 6) is -1.01. The molecule has 1 unspecified atom stereocenters.